The number of phosphoric acid groups is 1. The molecule has 1 aromatic heterocycles. The Kier molecular flexibility index (Phi) is 35.7. The maximum absolute atomic E-state index is 16.3. The molecule has 13 heteroatoms. The molecule has 0 bridgehead atoms. The van der Waals surface area contributed by atoms with Crippen LogP contribution in [0.3, 0.4) is 0 Å². The molecule has 0 amide bonds. The summed E-state index contributed by atoms with van der Waals surface area (Å²) in [7, 11) is -4.24. The normalized spacial score (nSPS) is 17.2. The molecule has 0 radical (unpaired) electrons. The molecule has 0 unspecified atom stereocenters. The van der Waals surface area contributed by atoms with Gasteiger partial charge in [-0.1, -0.05) is 233 Å². The molecule has 0 spiro atoms. The van der Waals surface area contributed by atoms with Gasteiger partial charge in [-0.25, -0.2) is 9.36 Å². The summed E-state index contributed by atoms with van der Waals surface area (Å²) < 4.78 is 76.3. The van der Waals surface area contributed by atoms with Gasteiger partial charge in [-0.2, -0.15) is 13.8 Å². The fourth-order valence-corrected chi connectivity index (χ4v) is 10.0. The van der Waals surface area contributed by atoms with Crippen LogP contribution in [-0.4, -0.2) is 53.5 Å². The minimum absolute atomic E-state index is 0.0307. The molecule has 0 N–H and O–H groups in total. The standard InChI is InChI=1S/C53H97F2N2O8P/c1-5-8-11-14-17-20-23-26-29-32-35-38-41-49(58)65-50-48(64-51(53(50,54)55)57-43-42-47(4)56-52(57)59)46-63-66(60,61-44-39-36-33-30-27-24-21-18-15-12-9-6-2)62-45-40-37-34-31-28-25-22-19-16-13-10-7-3/h42-43,48,50-51H,5-41,44-46H2,1-4H3/t48-,50-,51-/m1/s1. The Hall–Kier alpha value is -1.72. The van der Waals surface area contributed by atoms with Gasteiger partial charge in [0.25, 0.3) is 0 Å². The van der Waals surface area contributed by atoms with Gasteiger partial charge in [0.2, 0.25) is 6.23 Å². The van der Waals surface area contributed by atoms with Crippen LogP contribution in [0.1, 0.15) is 270 Å². The Morgan fingerprint density at radius 2 is 0.970 bits per heavy atom. The Labute approximate surface area is 401 Å². The summed E-state index contributed by atoms with van der Waals surface area (Å²) in [4.78, 5) is 29.8. The van der Waals surface area contributed by atoms with E-state index in [-0.39, 0.29) is 19.6 Å². The number of rotatable bonds is 46. The molecular weight excluding hydrogens is 862 g/mol. The van der Waals surface area contributed by atoms with Crippen molar-refractivity contribution >= 4 is 13.8 Å². The highest BCUT2D eigenvalue weighted by molar-refractivity contribution is 7.48. The van der Waals surface area contributed by atoms with Gasteiger partial charge in [0.1, 0.15) is 6.10 Å². The lowest BCUT2D eigenvalue weighted by molar-refractivity contribution is -0.176. The van der Waals surface area contributed by atoms with Gasteiger partial charge in [-0.05, 0) is 32.3 Å². The SMILES string of the molecule is CCCCCCCCCCCCCCOP(=O)(OCCCCCCCCCCCCCC)OC[C@H]1O[C@@H](n2ccc(C)nc2=O)C(F)(F)[C@@H]1OC(=O)CCCCCCCCCCCCCC. The highest BCUT2D eigenvalue weighted by Gasteiger charge is 2.63. The number of hydrogen-bond acceptors (Lipinski definition) is 9. The van der Waals surface area contributed by atoms with E-state index in [4.69, 9.17) is 23.0 Å². The van der Waals surface area contributed by atoms with Gasteiger partial charge < -0.3 is 9.47 Å². The molecule has 66 heavy (non-hydrogen) atoms. The Balaban J connectivity index is 1.98. The lowest BCUT2D eigenvalue weighted by Crippen LogP contribution is -2.44. The topological polar surface area (TPSA) is 115 Å². The van der Waals surface area contributed by atoms with Crippen molar-refractivity contribution in [3.05, 3.63) is 28.4 Å². The van der Waals surface area contributed by atoms with Gasteiger partial charge in [-0.3, -0.25) is 22.9 Å². The second kappa shape index (κ2) is 39.1. The van der Waals surface area contributed by atoms with E-state index < -0.39 is 50.4 Å². The summed E-state index contributed by atoms with van der Waals surface area (Å²) in [5, 5.41) is 0. The smallest absolute Gasteiger partial charge is 0.453 e. The van der Waals surface area contributed by atoms with Gasteiger partial charge >= 0.3 is 25.4 Å². The van der Waals surface area contributed by atoms with E-state index in [1.54, 1.807) is 6.92 Å². The van der Waals surface area contributed by atoms with Crippen LogP contribution in [0.25, 0.3) is 0 Å². The van der Waals surface area contributed by atoms with E-state index in [2.05, 4.69) is 25.8 Å². The summed E-state index contributed by atoms with van der Waals surface area (Å²) in [5.41, 5.74) is -0.565. The largest absolute Gasteiger partial charge is 0.474 e. The van der Waals surface area contributed by atoms with Gasteiger partial charge in [-0.15, -0.1) is 0 Å². The maximum atomic E-state index is 16.3. The third-order valence-corrected chi connectivity index (χ3v) is 14.4. The summed E-state index contributed by atoms with van der Waals surface area (Å²) in [6.45, 7) is 7.87. The van der Waals surface area contributed by atoms with E-state index in [0.29, 0.717) is 29.5 Å². The van der Waals surface area contributed by atoms with Crippen LogP contribution in [0.5, 0.6) is 0 Å². The van der Waals surface area contributed by atoms with Crippen LogP contribution < -0.4 is 5.69 Å². The first-order valence-electron chi connectivity index (χ1n) is 27.4. The third kappa shape index (κ3) is 28.1. The number of aryl methyl sites for hydroxylation is 1. The Morgan fingerprint density at radius 3 is 1.35 bits per heavy atom. The van der Waals surface area contributed by atoms with Crippen LogP contribution in [0.4, 0.5) is 8.78 Å². The molecule has 1 fully saturated rings. The van der Waals surface area contributed by atoms with Crippen molar-refractivity contribution < 1.29 is 41.2 Å². The second-order valence-electron chi connectivity index (χ2n) is 19.2. The Bertz CT molecular complexity index is 1400. The highest BCUT2D eigenvalue weighted by atomic mass is 31.2. The molecule has 1 aliphatic heterocycles. The number of esters is 1. The van der Waals surface area contributed by atoms with E-state index in [1.807, 2.05) is 0 Å². The molecule has 3 atom stereocenters. The van der Waals surface area contributed by atoms with Gasteiger partial charge in [0, 0.05) is 18.3 Å². The summed E-state index contributed by atoms with van der Waals surface area (Å²) in [5.74, 6) is -4.62. The van der Waals surface area contributed by atoms with Crippen LogP contribution in [0.15, 0.2) is 17.1 Å². The maximum Gasteiger partial charge on any atom is 0.474 e. The van der Waals surface area contributed by atoms with Crippen molar-refractivity contribution in [1.29, 1.82) is 0 Å². The molecule has 2 rings (SSSR count). The molecule has 10 nitrogen and oxygen atoms in total. The minimum atomic E-state index is -4.24. The predicted octanol–water partition coefficient (Wildman–Crippen LogP) is 16.6. The van der Waals surface area contributed by atoms with E-state index in [9.17, 15) is 14.2 Å². The van der Waals surface area contributed by atoms with Crippen LogP contribution >= 0.6 is 7.82 Å². The van der Waals surface area contributed by atoms with Crippen LogP contribution in [0.2, 0.25) is 0 Å². The molecule has 1 aliphatic rings. The molecule has 386 valence electrons. The van der Waals surface area contributed by atoms with Crippen molar-refractivity contribution in [1.82, 2.24) is 9.55 Å². The van der Waals surface area contributed by atoms with Crippen molar-refractivity contribution in [2.75, 3.05) is 19.8 Å². The average Bonchev–Trinajstić information content (AvgIpc) is 3.54. The lowest BCUT2D eigenvalue weighted by Gasteiger charge is -2.25. The van der Waals surface area contributed by atoms with Crippen molar-refractivity contribution in [2.24, 2.45) is 0 Å². The summed E-state index contributed by atoms with van der Waals surface area (Å²) >= 11 is 0. The number of carbonyl (C=O) groups is 1. The van der Waals surface area contributed by atoms with Crippen molar-refractivity contribution in [2.45, 2.75) is 290 Å². The average molecular weight is 959 g/mol. The zero-order chi connectivity index (χ0) is 48.0. The first-order chi connectivity index (χ1) is 32.1. The third-order valence-electron chi connectivity index (χ3n) is 13.0. The zero-order valence-corrected chi connectivity index (χ0v) is 43.4. The molecule has 2 heterocycles. The molecular formula is C53H97F2N2O8P. The summed E-state index contributed by atoms with van der Waals surface area (Å²) in [6.07, 6.45) is 36.6. The van der Waals surface area contributed by atoms with Crippen LogP contribution in [0, 0.1) is 6.92 Å². The number of nitrogens with zero attached hydrogens (tertiary/aromatic N) is 2. The first kappa shape index (κ1) is 60.4. The Morgan fingerprint density at radius 1 is 0.606 bits per heavy atom. The molecule has 1 saturated heterocycles. The molecule has 0 saturated carbocycles. The van der Waals surface area contributed by atoms with Crippen molar-refractivity contribution in [3.8, 4) is 0 Å². The number of aromatic nitrogens is 2. The number of halogens is 2. The number of hydrogen-bond donors (Lipinski definition) is 0. The van der Waals surface area contributed by atoms with E-state index in [1.165, 1.54) is 160 Å². The zero-order valence-electron chi connectivity index (χ0n) is 42.5. The molecule has 0 aliphatic carbocycles. The second-order valence-corrected chi connectivity index (χ2v) is 20.9. The molecule has 0 aromatic carbocycles. The highest BCUT2D eigenvalue weighted by Crippen LogP contribution is 2.52. The lowest BCUT2D eigenvalue weighted by atomic mass is 10.0. The number of alkyl halides is 2. The van der Waals surface area contributed by atoms with E-state index in [0.717, 1.165) is 64.2 Å². The monoisotopic (exact) mass is 959 g/mol. The number of phosphoric ester groups is 1. The fourth-order valence-electron chi connectivity index (χ4n) is 8.75. The number of carbonyl (C=O) groups excluding carboxylic acids is 1. The number of ether oxygens (including phenoxy) is 2. The first-order valence-corrected chi connectivity index (χ1v) is 28.9. The number of unbranched alkanes of at least 4 members (excludes halogenated alkanes) is 33. The van der Waals surface area contributed by atoms with Crippen molar-refractivity contribution in [3.63, 3.8) is 0 Å². The molecule has 1 aromatic rings. The quantitative estimate of drug-likeness (QED) is 0.0358. The van der Waals surface area contributed by atoms with Gasteiger partial charge in [0.05, 0.1) is 19.8 Å². The fraction of sp³-hybridized carbons (Fsp3) is 0.906. The predicted molar refractivity (Wildman–Crippen MR) is 265 cm³/mol. The summed E-state index contributed by atoms with van der Waals surface area (Å²) in [6, 6.07) is 1.43. The minimum Gasteiger partial charge on any atom is -0.453 e. The van der Waals surface area contributed by atoms with Crippen LogP contribution in [-0.2, 0) is 32.4 Å². The van der Waals surface area contributed by atoms with E-state index >= 15 is 8.78 Å². The van der Waals surface area contributed by atoms with Gasteiger partial charge in [0.15, 0.2) is 6.10 Å².